The smallest absolute Gasteiger partial charge is 0.306 e. The fourth-order valence-corrected chi connectivity index (χ4v) is 16.2. The van der Waals surface area contributed by atoms with Crippen LogP contribution in [0.4, 0.5) is 0 Å². The number of amides is 8. The highest BCUT2D eigenvalue weighted by atomic mass is 16.6. The second-order valence-electron chi connectivity index (χ2n) is 34.7. The van der Waals surface area contributed by atoms with Crippen molar-refractivity contribution >= 4 is 77.1 Å². The number of carboxylic acid groups (broad SMARTS) is 2. The molecule has 6 fully saturated rings. The Balaban J connectivity index is 0.000000370. The molecule has 0 radical (unpaired) electrons. The third-order valence-electron chi connectivity index (χ3n) is 21.7. The van der Waals surface area contributed by atoms with E-state index < -0.39 is 94.2 Å². The molecule has 0 bridgehead atoms. The highest BCUT2D eigenvalue weighted by Crippen LogP contribution is 2.36. The second kappa shape index (κ2) is 49.4. The lowest BCUT2D eigenvalue weighted by Crippen LogP contribution is -2.56. The van der Waals surface area contributed by atoms with Crippen LogP contribution in [0.5, 0.6) is 0 Å². The molecule has 37 heteroatoms. The van der Waals surface area contributed by atoms with Crippen molar-refractivity contribution in [1.82, 2.24) is 19.6 Å². The summed E-state index contributed by atoms with van der Waals surface area (Å²) < 4.78 is 48.6. The van der Waals surface area contributed by atoms with Gasteiger partial charge in [-0.1, -0.05) is 12.8 Å². The van der Waals surface area contributed by atoms with Gasteiger partial charge in [0.15, 0.2) is 18.3 Å². The number of aliphatic carboxylic acids is 2. The van der Waals surface area contributed by atoms with Crippen molar-refractivity contribution in [2.75, 3.05) is 26.2 Å². The van der Waals surface area contributed by atoms with Crippen LogP contribution in [0.25, 0.3) is 0 Å². The Labute approximate surface area is 720 Å². The number of hydrogen-bond donors (Lipinski definition) is 11. The van der Waals surface area contributed by atoms with E-state index in [2.05, 4.69) is 0 Å². The summed E-state index contributed by atoms with van der Waals surface area (Å²) in [4.78, 5) is 149. The number of esters is 3. The van der Waals surface area contributed by atoms with Gasteiger partial charge < -0.3 is 98.8 Å². The fraction of sp³-hybridized carbons (Fsp3) is 0.756. The Bertz CT molecular complexity index is 3510. The van der Waals surface area contributed by atoms with Crippen LogP contribution in [-0.4, -0.2) is 323 Å². The number of hydrogen-bond acceptors (Lipinski definition) is 31. The van der Waals surface area contributed by atoms with Gasteiger partial charge in [0.05, 0.1) is 90.1 Å². The predicted molar refractivity (Wildman–Crippen MR) is 439 cm³/mol. The van der Waals surface area contributed by atoms with Gasteiger partial charge in [0.25, 0.3) is 47.3 Å². The summed E-state index contributed by atoms with van der Waals surface area (Å²) in [5, 5.41) is 105. The summed E-state index contributed by atoms with van der Waals surface area (Å²) in [6.45, 7) is 34.3. The average molecular weight is 1760 g/mol. The first-order chi connectivity index (χ1) is 56.7. The van der Waals surface area contributed by atoms with E-state index >= 15 is 0 Å². The van der Waals surface area contributed by atoms with E-state index in [0.717, 1.165) is 9.80 Å². The summed E-state index contributed by atoms with van der Waals surface area (Å²) in [5.74, 6) is -5.57. The Morgan fingerprint density at radius 1 is 0.309 bits per heavy atom. The molecule has 10 aliphatic heterocycles. The first-order valence-electron chi connectivity index (χ1n) is 42.2. The van der Waals surface area contributed by atoms with Crippen LogP contribution in [0, 0.1) is 0 Å². The monoisotopic (exact) mass is 1750 g/mol. The van der Waals surface area contributed by atoms with Crippen LogP contribution in [0.2, 0.25) is 0 Å². The van der Waals surface area contributed by atoms with Crippen molar-refractivity contribution in [3.05, 3.63) is 48.6 Å². The zero-order valence-corrected chi connectivity index (χ0v) is 74.8. The number of nitrogens with zero attached hydrogens (tertiary/aromatic N) is 4. The molecular weight excluding hydrogens is 1620 g/mol. The molecule has 10 rings (SSSR count). The molecule has 0 aromatic carbocycles. The van der Waals surface area contributed by atoms with Gasteiger partial charge in [0, 0.05) is 146 Å². The first-order valence-corrected chi connectivity index (χ1v) is 42.2. The van der Waals surface area contributed by atoms with E-state index in [1.165, 1.54) is 65.3 Å². The van der Waals surface area contributed by atoms with E-state index in [0.29, 0.717) is 103 Å². The quantitative estimate of drug-likeness (QED) is 0.0298. The maximum Gasteiger partial charge on any atom is 0.306 e. The van der Waals surface area contributed by atoms with Crippen molar-refractivity contribution in [3.8, 4) is 0 Å². The minimum Gasteiger partial charge on any atom is -0.481 e. The van der Waals surface area contributed by atoms with Crippen molar-refractivity contribution < 1.29 is 161 Å². The molecule has 700 valence electrons. The Kier molecular flexibility index (Phi) is 44.0. The predicted octanol–water partition coefficient (Wildman–Crippen LogP) is 3.97. The maximum absolute atomic E-state index is 12.0. The molecule has 0 spiro atoms. The second-order valence-corrected chi connectivity index (χ2v) is 34.7. The van der Waals surface area contributed by atoms with Crippen molar-refractivity contribution in [2.45, 2.75) is 391 Å². The summed E-state index contributed by atoms with van der Waals surface area (Å²) >= 11 is 0. The molecule has 8 amide bonds. The summed E-state index contributed by atoms with van der Waals surface area (Å²) in [6.07, 6.45) is 11.3. The van der Waals surface area contributed by atoms with Crippen LogP contribution < -0.4 is 0 Å². The molecule has 6 saturated heterocycles. The molecule has 123 heavy (non-hydrogen) atoms. The summed E-state index contributed by atoms with van der Waals surface area (Å²) in [7, 11) is 0. The van der Waals surface area contributed by atoms with Crippen LogP contribution in [-0.2, 0) is 105 Å². The van der Waals surface area contributed by atoms with E-state index in [1.807, 2.05) is 41.5 Å². The third kappa shape index (κ3) is 36.6. The van der Waals surface area contributed by atoms with Crippen molar-refractivity contribution in [3.63, 3.8) is 0 Å². The van der Waals surface area contributed by atoms with E-state index in [1.54, 1.807) is 83.1 Å². The standard InChI is InChI=1S/C18H27NO6.C16H23NO6.C10H13NO4.C10H18O4.C8H9NO4.3C8H16O3/c1-12-11-18(3,23)17(13(2)24-12)25-16(22)7-5-4-6-10-19-14(20)8-9-15(19)21;1-10-9-16(3,21)15(11(2)22-10)23-14(20)5-4-8-17-12(18)6-7-13(17)19;12-8-5-6-9(13)11(8)7-3-1-2-4-10(14)15;1-6-5-10(4,12)9(7(2)13-6)14-8(3)11;10-6-3-4-7(11)9(6)5-1-2-8(12)13;3*1-5-4-8(3,10)7(9)6(2)11-5/h8-9,12-13,17,23H,4-7,10-11H2,1-3H3;6-7,10-11,15,21H,4-5,8-9H2,1-3H3;5-6H,1-4,7H2,(H,14,15);6-7,9,12H,5H2,1-4H3;3-4H,1-2,5H2,(H,12,13);3*5-7,9-10H,4H2,1-3H3. The van der Waals surface area contributed by atoms with Crippen molar-refractivity contribution in [2.24, 2.45) is 0 Å². The molecule has 0 aromatic rings. The van der Waals surface area contributed by atoms with Crippen LogP contribution in [0.15, 0.2) is 48.6 Å². The number of rotatable bonds is 23. The molecule has 11 N–H and O–H groups in total. The molecule has 24 unspecified atom stereocenters. The minimum absolute atomic E-state index is 0.00759. The van der Waals surface area contributed by atoms with Crippen LogP contribution in [0.3, 0.4) is 0 Å². The molecule has 0 aromatic heterocycles. The molecule has 10 heterocycles. The summed E-state index contributed by atoms with van der Waals surface area (Å²) in [5.41, 5.74) is -6.21. The van der Waals surface area contributed by atoms with E-state index in [-0.39, 0.29) is 165 Å². The van der Waals surface area contributed by atoms with Crippen molar-refractivity contribution in [1.29, 1.82) is 0 Å². The number of imide groups is 4. The molecule has 0 saturated carbocycles. The molecular formula is C86H138N4O33. The Morgan fingerprint density at radius 3 is 0.732 bits per heavy atom. The van der Waals surface area contributed by atoms with Gasteiger partial charge in [0.1, 0.15) is 35.1 Å². The Morgan fingerprint density at radius 2 is 0.504 bits per heavy atom. The minimum atomic E-state index is -1.14. The highest BCUT2D eigenvalue weighted by molar-refractivity contribution is 6.14. The largest absolute Gasteiger partial charge is 0.481 e. The number of carbonyl (C=O) groups is 13. The molecule has 37 nitrogen and oxygen atoms in total. The van der Waals surface area contributed by atoms with E-state index in [9.17, 15) is 108 Å². The Hall–Kier alpha value is -7.73. The first kappa shape index (κ1) is 109. The lowest BCUT2D eigenvalue weighted by atomic mass is 9.86. The van der Waals surface area contributed by atoms with Gasteiger partial charge in [-0.2, -0.15) is 0 Å². The SMILES string of the molecule is CC(=O)OC1C(C)OC(C)CC1(C)O.CC1CC(C)(O)C(O)C(C)O1.CC1CC(C)(O)C(O)C(C)O1.CC1CC(C)(O)C(O)C(C)O1.CC1CC(C)(O)C(OC(=O)CCCCCN2C(=O)C=CC2=O)C(C)O1.CC1CC(C)(O)C(OC(=O)CCCN2C(=O)C=CC2=O)C(C)O1.O=C(O)CCCCCN1C(=O)C=CC1=O.O=C(O)CCCN1C(=O)C=CC1=O. The van der Waals surface area contributed by atoms with Gasteiger partial charge in [-0.05, 0) is 163 Å². The lowest BCUT2D eigenvalue weighted by Gasteiger charge is -2.43. The molecule has 24 atom stereocenters. The molecule has 0 aliphatic carbocycles. The van der Waals surface area contributed by atoms with Gasteiger partial charge in [-0.3, -0.25) is 81.9 Å². The van der Waals surface area contributed by atoms with Gasteiger partial charge in [-0.15, -0.1) is 0 Å². The highest BCUT2D eigenvalue weighted by Gasteiger charge is 2.49. The zero-order valence-electron chi connectivity index (χ0n) is 74.8. The third-order valence-corrected chi connectivity index (χ3v) is 21.7. The lowest BCUT2D eigenvalue weighted by molar-refractivity contribution is -0.219. The summed E-state index contributed by atoms with van der Waals surface area (Å²) in [6, 6.07) is 0. The fourth-order valence-electron chi connectivity index (χ4n) is 16.2. The van der Waals surface area contributed by atoms with Gasteiger partial charge in [-0.25, -0.2) is 0 Å². The number of carbonyl (C=O) groups excluding carboxylic acids is 11. The number of aliphatic hydroxyl groups excluding tert-OH is 3. The van der Waals surface area contributed by atoms with E-state index in [4.69, 9.17) is 52.8 Å². The van der Waals surface area contributed by atoms with Crippen LogP contribution >= 0.6 is 0 Å². The normalized spacial score (nSPS) is 35.5. The maximum atomic E-state index is 12.0. The zero-order chi connectivity index (χ0) is 93.8. The van der Waals surface area contributed by atoms with Crippen LogP contribution in [0.1, 0.15) is 247 Å². The molecule has 10 aliphatic rings. The number of aliphatic hydroxyl groups is 9. The average Bonchev–Trinajstić information content (AvgIpc) is 1.18. The number of carboxylic acids is 2. The van der Waals surface area contributed by atoms with Gasteiger partial charge >= 0.3 is 29.8 Å². The van der Waals surface area contributed by atoms with Gasteiger partial charge in [0.2, 0.25) is 0 Å². The number of unbranched alkanes of at least 4 members (excludes halogenated alkanes) is 4. The number of ether oxygens (including phenoxy) is 9. The topological polar surface area (TPSA) is 540 Å².